The molecule has 1 rings (SSSR count). The van der Waals surface area contributed by atoms with Crippen LogP contribution in [0.1, 0.15) is 12.8 Å². The molecule has 0 aromatic rings. The molecule has 1 fully saturated rings. The van der Waals surface area contributed by atoms with Crippen LogP contribution >= 0.6 is 12.0 Å². The molecule has 154 valence electrons. The number of aliphatic hydroxyl groups excluding tert-OH is 4. The Morgan fingerprint density at radius 3 is 2.46 bits per heavy atom. The number of ether oxygens (including phenoxy) is 1. The highest BCUT2D eigenvalue weighted by atomic mass is 32.3. The lowest BCUT2D eigenvalue weighted by molar-refractivity contribution is -0.274. The smallest absolute Gasteiger partial charge is 0.394 e. The average molecular weight is 439 g/mol. The van der Waals surface area contributed by atoms with Crippen molar-refractivity contribution in [3.8, 4) is 0 Å². The van der Waals surface area contributed by atoms with Crippen molar-refractivity contribution in [1.82, 2.24) is 0 Å². The van der Waals surface area contributed by atoms with E-state index in [1.54, 1.807) is 0 Å². The highest BCUT2D eigenvalue weighted by molar-refractivity contribution is 8.09. The zero-order valence-electron chi connectivity index (χ0n) is 13.6. The number of oxime groups is 1. The summed E-state index contributed by atoms with van der Waals surface area (Å²) in [5, 5.41) is 41.4. The van der Waals surface area contributed by atoms with Gasteiger partial charge in [0.1, 0.15) is 29.5 Å². The van der Waals surface area contributed by atoms with Crippen LogP contribution in [0.15, 0.2) is 5.16 Å². The lowest BCUT2D eigenvalue weighted by Crippen LogP contribution is -2.58. The molecule has 0 aromatic heterocycles. The van der Waals surface area contributed by atoms with Crippen LogP contribution in [0.25, 0.3) is 0 Å². The summed E-state index contributed by atoms with van der Waals surface area (Å²) < 4.78 is 55.0. The molecule has 1 aliphatic rings. The molecule has 5 N–H and O–H groups in total. The summed E-state index contributed by atoms with van der Waals surface area (Å²) in [4.78, 5) is 0. The van der Waals surface area contributed by atoms with Gasteiger partial charge in [0.25, 0.3) is 0 Å². The molecule has 1 unspecified atom stereocenters. The van der Waals surface area contributed by atoms with Crippen molar-refractivity contribution in [2.45, 2.75) is 43.5 Å². The van der Waals surface area contributed by atoms with Gasteiger partial charge in [-0.05, 0) is 6.42 Å². The summed E-state index contributed by atoms with van der Waals surface area (Å²) in [5.41, 5.74) is 0. The van der Waals surface area contributed by atoms with Crippen molar-refractivity contribution in [2.24, 2.45) is 5.16 Å². The minimum absolute atomic E-state index is 0.0667. The van der Waals surface area contributed by atoms with Gasteiger partial charge >= 0.3 is 10.4 Å². The standard InChI is InChI=1S/C11H21NO11S3/c1-25(17)4-2-3-7(12-23-26(18,19)20)24-22-11-10(16)9(15)8(14)6(5-13)21-11/h6,8-11,13-16H,2-5H2,1H3,(H,18,19,20)/b12-7-/t6-,8-,9+,10-,11+,25?/m1/s1. The normalized spacial score (nSPS) is 31.6. The van der Waals surface area contributed by atoms with Gasteiger partial charge in [-0.15, -0.1) is 0 Å². The van der Waals surface area contributed by atoms with Crippen molar-refractivity contribution in [2.75, 3.05) is 18.6 Å². The molecule has 0 amide bonds. The molecule has 1 saturated heterocycles. The summed E-state index contributed by atoms with van der Waals surface area (Å²) in [7, 11) is -5.95. The van der Waals surface area contributed by atoms with Crippen molar-refractivity contribution in [1.29, 1.82) is 0 Å². The van der Waals surface area contributed by atoms with Gasteiger partial charge in [0.2, 0.25) is 0 Å². The Kier molecular flexibility index (Phi) is 9.87. The molecule has 0 bridgehead atoms. The lowest BCUT2D eigenvalue weighted by Gasteiger charge is -2.39. The molecule has 1 aliphatic heterocycles. The lowest BCUT2D eigenvalue weighted by atomic mass is 10.00. The first-order valence-corrected chi connectivity index (χ1v) is 11.1. The summed E-state index contributed by atoms with van der Waals surface area (Å²) in [6.07, 6.45) is -5.67. The molecule has 12 nitrogen and oxygen atoms in total. The van der Waals surface area contributed by atoms with E-state index in [1.807, 2.05) is 0 Å². The highest BCUT2D eigenvalue weighted by Crippen LogP contribution is 2.26. The van der Waals surface area contributed by atoms with E-state index >= 15 is 0 Å². The Morgan fingerprint density at radius 2 is 1.92 bits per heavy atom. The Hall–Kier alpha value is -0.360. The molecule has 0 spiro atoms. The first-order chi connectivity index (χ1) is 12.0. The zero-order valence-corrected chi connectivity index (χ0v) is 16.0. The molecule has 0 radical (unpaired) electrons. The number of hydrogen-bond acceptors (Lipinski definition) is 12. The number of hydrogen-bond donors (Lipinski definition) is 5. The molecule has 26 heavy (non-hydrogen) atoms. The maximum Gasteiger partial charge on any atom is 0.466 e. The summed E-state index contributed by atoms with van der Waals surface area (Å²) in [5.74, 6) is 0.283. The third kappa shape index (κ3) is 8.12. The Labute approximate surface area is 156 Å². The van der Waals surface area contributed by atoms with Gasteiger partial charge < -0.3 is 25.2 Å². The number of aliphatic hydroxyl groups is 4. The van der Waals surface area contributed by atoms with Gasteiger partial charge in [0.05, 0.1) is 18.6 Å². The molecule has 15 heteroatoms. The maximum absolute atomic E-state index is 11.1. The molecule has 0 aromatic carbocycles. The number of rotatable bonds is 9. The van der Waals surface area contributed by atoms with Crippen molar-refractivity contribution >= 4 is 38.3 Å². The second-order valence-corrected chi connectivity index (χ2v) is 8.63. The van der Waals surface area contributed by atoms with Crippen LogP contribution in [0.2, 0.25) is 0 Å². The predicted octanol–water partition coefficient (Wildman–Crippen LogP) is -2.26. The van der Waals surface area contributed by atoms with E-state index < -0.39 is 58.5 Å². The van der Waals surface area contributed by atoms with Gasteiger partial charge in [-0.2, -0.15) is 8.42 Å². The topological polar surface area (TPSA) is 192 Å². The third-order valence-electron chi connectivity index (χ3n) is 3.14. The quantitative estimate of drug-likeness (QED) is 0.0852. The largest absolute Gasteiger partial charge is 0.466 e. The van der Waals surface area contributed by atoms with E-state index in [4.69, 9.17) is 18.6 Å². The van der Waals surface area contributed by atoms with Crippen LogP contribution in [-0.2, 0) is 34.4 Å². The van der Waals surface area contributed by atoms with Gasteiger partial charge in [0, 0.05) is 29.2 Å². The Bertz CT molecular complexity index is 596. The Morgan fingerprint density at radius 1 is 1.27 bits per heavy atom. The SMILES string of the molecule is CS(=O)CCC/C(=N/OS(=O)(=O)O)SO[C@@H]1O[C@H](CO)[C@@H](O)[C@H](O)[C@H]1O. The summed E-state index contributed by atoms with van der Waals surface area (Å²) in [6, 6.07) is 0. The van der Waals surface area contributed by atoms with Crippen LogP contribution in [0, 0.1) is 0 Å². The third-order valence-corrected chi connectivity index (χ3v) is 5.03. The van der Waals surface area contributed by atoms with Crippen molar-refractivity contribution in [3.05, 3.63) is 0 Å². The Balaban J connectivity index is 2.72. The van der Waals surface area contributed by atoms with E-state index in [0.717, 1.165) is 0 Å². The molecule has 0 aliphatic carbocycles. The fourth-order valence-electron chi connectivity index (χ4n) is 1.87. The molecular weight excluding hydrogens is 418 g/mol. The van der Waals surface area contributed by atoms with Gasteiger partial charge in [-0.25, -0.2) is 4.28 Å². The van der Waals surface area contributed by atoms with E-state index in [2.05, 4.69) is 9.44 Å². The first kappa shape index (κ1) is 23.7. The van der Waals surface area contributed by atoms with Gasteiger partial charge in [0.15, 0.2) is 6.29 Å². The van der Waals surface area contributed by atoms with Crippen LogP contribution in [0.4, 0.5) is 0 Å². The minimum Gasteiger partial charge on any atom is -0.394 e. The van der Waals surface area contributed by atoms with Crippen LogP contribution < -0.4 is 0 Å². The zero-order chi connectivity index (χ0) is 19.9. The molecular formula is C11H21NO11S3. The maximum atomic E-state index is 11.1. The fourth-order valence-corrected chi connectivity index (χ4v) is 3.31. The van der Waals surface area contributed by atoms with Crippen LogP contribution in [0.3, 0.4) is 0 Å². The fraction of sp³-hybridized carbons (Fsp3) is 0.909. The number of nitrogens with zero attached hydrogens (tertiary/aromatic N) is 1. The highest BCUT2D eigenvalue weighted by Gasteiger charge is 2.44. The molecule has 6 atom stereocenters. The van der Waals surface area contributed by atoms with Crippen LogP contribution in [-0.4, -0.2) is 92.0 Å². The van der Waals surface area contributed by atoms with E-state index in [0.29, 0.717) is 18.5 Å². The van der Waals surface area contributed by atoms with E-state index in [9.17, 15) is 27.9 Å². The minimum atomic E-state index is -4.85. The van der Waals surface area contributed by atoms with Crippen molar-refractivity contribution < 1.29 is 50.8 Å². The summed E-state index contributed by atoms with van der Waals surface area (Å²) >= 11 is 0.431. The van der Waals surface area contributed by atoms with Crippen molar-refractivity contribution in [3.63, 3.8) is 0 Å². The monoisotopic (exact) mass is 439 g/mol. The average Bonchev–Trinajstić information content (AvgIpc) is 2.55. The van der Waals surface area contributed by atoms with E-state index in [-0.39, 0.29) is 17.2 Å². The van der Waals surface area contributed by atoms with Gasteiger partial charge in [-0.1, -0.05) is 5.16 Å². The van der Waals surface area contributed by atoms with E-state index in [1.165, 1.54) is 6.26 Å². The molecule has 0 saturated carbocycles. The molecule has 1 heterocycles. The van der Waals surface area contributed by atoms with Crippen LogP contribution in [0.5, 0.6) is 0 Å². The summed E-state index contributed by atoms with van der Waals surface area (Å²) in [6.45, 7) is -0.648. The second-order valence-electron chi connectivity index (χ2n) is 5.24. The predicted molar refractivity (Wildman–Crippen MR) is 90.7 cm³/mol. The van der Waals surface area contributed by atoms with Gasteiger partial charge in [-0.3, -0.25) is 12.9 Å². The first-order valence-electron chi connectivity index (χ1n) is 7.22. The second kappa shape index (κ2) is 10.8.